The highest BCUT2D eigenvalue weighted by atomic mass is 32.2. The SMILES string of the molecule is C=CCNC(=O)C(=O)C(NC(=O)[C@@H]1[C@@H]2[C@H](CN1C(=O)[C@@H](NC(=O)N[C@H](CN1CCN(C)S1(=O)=O)C(C)(C)C)C(C)(C)C)C2(C)C)C1CCC1. The molecule has 14 nitrogen and oxygen atoms in total. The van der Waals surface area contributed by atoms with Crippen molar-refractivity contribution >= 4 is 39.7 Å². The Labute approximate surface area is 291 Å². The van der Waals surface area contributed by atoms with Gasteiger partial charge in [0.15, 0.2) is 0 Å². The number of hydrogen-bond acceptors (Lipinski definition) is 7. The molecule has 2 saturated heterocycles. The lowest BCUT2D eigenvalue weighted by molar-refractivity contribution is -0.146. The third-order valence-corrected chi connectivity index (χ3v) is 13.1. The summed E-state index contributed by atoms with van der Waals surface area (Å²) in [5.41, 5.74) is -1.48. The summed E-state index contributed by atoms with van der Waals surface area (Å²) in [4.78, 5) is 69.5. The lowest BCUT2D eigenvalue weighted by atomic mass is 9.77. The number of urea groups is 1. The van der Waals surface area contributed by atoms with E-state index in [0.29, 0.717) is 32.5 Å². The van der Waals surface area contributed by atoms with Crippen LogP contribution in [0, 0.1) is 34.0 Å². The van der Waals surface area contributed by atoms with Gasteiger partial charge in [-0.2, -0.15) is 17.0 Å². The Morgan fingerprint density at radius 1 is 0.959 bits per heavy atom. The zero-order chi connectivity index (χ0) is 36.9. The molecule has 276 valence electrons. The van der Waals surface area contributed by atoms with Crippen LogP contribution in [0.15, 0.2) is 12.7 Å². The molecule has 0 radical (unpaired) electrons. The molecule has 2 saturated carbocycles. The number of ketones is 1. The summed E-state index contributed by atoms with van der Waals surface area (Å²) in [6, 6.07) is -4.11. The molecule has 4 fully saturated rings. The van der Waals surface area contributed by atoms with Gasteiger partial charge in [-0.25, -0.2) is 4.79 Å². The average Bonchev–Trinajstić information content (AvgIpc) is 3.22. The van der Waals surface area contributed by atoms with Crippen molar-refractivity contribution in [2.24, 2.45) is 34.0 Å². The molecule has 5 amide bonds. The van der Waals surface area contributed by atoms with Crippen LogP contribution < -0.4 is 21.3 Å². The average molecular weight is 708 g/mol. The van der Waals surface area contributed by atoms with Gasteiger partial charge < -0.3 is 26.2 Å². The summed E-state index contributed by atoms with van der Waals surface area (Å²) in [6.45, 7) is 20.0. The normalized spacial score (nSPS) is 26.8. The summed E-state index contributed by atoms with van der Waals surface area (Å²) in [6.07, 6.45) is 3.78. The second-order valence-electron chi connectivity index (χ2n) is 17.0. The molecule has 0 bridgehead atoms. The van der Waals surface area contributed by atoms with Crippen LogP contribution in [0.1, 0.15) is 74.7 Å². The highest BCUT2D eigenvalue weighted by Crippen LogP contribution is 2.65. The standard InChI is InChI=1S/C34H57N7O7S/c1-11-15-35-29(44)26(42)24(20-13-12-14-20)37-28(43)25-23-21(34(23,8)9)18-41(25)30(45)27(33(5,6)7)38-31(46)36-22(32(2,3)4)19-40-17-16-39(10)49(40,47)48/h11,20-25,27H,1,12-19H2,2-10H3,(H,35,44)(H,37,43)(H2,36,38,46)/t21-,22+,23-,24?,25-,27+/m0/s1. The van der Waals surface area contributed by atoms with Crippen molar-refractivity contribution in [3.8, 4) is 0 Å². The van der Waals surface area contributed by atoms with E-state index in [0.717, 1.165) is 6.42 Å². The molecule has 2 heterocycles. The maximum Gasteiger partial charge on any atom is 0.315 e. The van der Waals surface area contributed by atoms with Gasteiger partial charge in [-0.1, -0.05) is 67.9 Å². The Kier molecular flexibility index (Phi) is 11.0. The number of likely N-dealkylation sites (N-methyl/N-ethyl adjacent to an activating group) is 1. The minimum absolute atomic E-state index is 0.0567. The zero-order valence-electron chi connectivity index (χ0n) is 30.6. The minimum atomic E-state index is -3.63. The molecule has 2 aliphatic heterocycles. The van der Waals surface area contributed by atoms with Gasteiger partial charge in [-0.3, -0.25) is 19.2 Å². The Balaban J connectivity index is 1.53. The Bertz CT molecular complexity index is 1450. The van der Waals surface area contributed by atoms with Crippen LogP contribution in [0.25, 0.3) is 0 Å². The molecule has 0 aromatic heterocycles. The number of piperidine rings is 1. The first kappa shape index (κ1) is 38.8. The third-order valence-electron chi connectivity index (χ3n) is 11.1. The lowest BCUT2D eigenvalue weighted by Gasteiger charge is -2.39. The number of nitrogens with one attached hydrogen (secondary N) is 4. The number of amides is 5. The van der Waals surface area contributed by atoms with Crippen LogP contribution in [-0.4, -0.2) is 115 Å². The van der Waals surface area contributed by atoms with Crippen LogP contribution in [0.5, 0.6) is 0 Å². The fraction of sp³-hybridized carbons (Fsp3) is 0.794. The number of Topliss-reactive ketones (excluding diaryl/α,β-unsaturated/α-hetero) is 1. The van der Waals surface area contributed by atoms with Crippen LogP contribution in [0.4, 0.5) is 4.79 Å². The quantitative estimate of drug-likeness (QED) is 0.174. The van der Waals surface area contributed by atoms with Crippen molar-refractivity contribution in [1.82, 2.24) is 34.8 Å². The molecule has 0 aromatic carbocycles. The Morgan fingerprint density at radius 3 is 2.08 bits per heavy atom. The van der Waals surface area contributed by atoms with E-state index in [1.54, 1.807) is 0 Å². The molecule has 49 heavy (non-hydrogen) atoms. The molecule has 2 aliphatic carbocycles. The second kappa shape index (κ2) is 13.9. The van der Waals surface area contributed by atoms with E-state index in [4.69, 9.17) is 0 Å². The molecule has 15 heteroatoms. The summed E-state index contributed by atoms with van der Waals surface area (Å²) in [7, 11) is -2.11. The fourth-order valence-electron chi connectivity index (χ4n) is 7.37. The number of nitrogens with zero attached hydrogens (tertiary/aromatic N) is 3. The summed E-state index contributed by atoms with van der Waals surface area (Å²) in [5.74, 6) is -2.66. The van der Waals surface area contributed by atoms with Crippen molar-refractivity contribution < 1.29 is 32.4 Å². The molecule has 4 N–H and O–H groups in total. The number of carbonyl (C=O) groups is 5. The van der Waals surface area contributed by atoms with Gasteiger partial charge in [0.25, 0.3) is 16.1 Å². The van der Waals surface area contributed by atoms with Gasteiger partial charge >= 0.3 is 6.03 Å². The molecule has 4 aliphatic rings. The van der Waals surface area contributed by atoms with E-state index in [1.807, 2.05) is 41.5 Å². The Morgan fingerprint density at radius 2 is 1.59 bits per heavy atom. The van der Waals surface area contributed by atoms with Crippen LogP contribution in [0.2, 0.25) is 0 Å². The van der Waals surface area contributed by atoms with Gasteiger partial charge in [0.1, 0.15) is 18.1 Å². The molecular formula is C34H57N7O7S. The molecule has 0 spiro atoms. The fourth-order valence-corrected chi connectivity index (χ4v) is 8.72. The predicted molar refractivity (Wildman–Crippen MR) is 185 cm³/mol. The summed E-state index contributed by atoms with van der Waals surface area (Å²) in [5, 5.41) is 11.2. The smallest absolute Gasteiger partial charge is 0.315 e. The number of rotatable bonds is 12. The van der Waals surface area contributed by atoms with E-state index in [2.05, 4.69) is 41.7 Å². The van der Waals surface area contributed by atoms with Crippen LogP contribution in [-0.2, 0) is 29.4 Å². The summed E-state index contributed by atoms with van der Waals surface area (Å²) < 4.78 is 28.2. The molecule has 1 unspecified atom stereocenters. The van der Waals surface area contributed by atoms with Gasteiger partial charge in [-0.15, -0.1) is 6.58 Å². The molecular weight excluding hydrogens is 650 g/mol. The largest absolute Gasteiger partial charge is 0.346 e. The van der Waals surface area contributed by atoms with Crippen molar-refractivity contribution in [3.05, 3.63) is 12.7 Å². The van der Waals surface area contributed by atoms with Crippen molar-refractivity contribution in [1.29, 1.82) is 0 Å². The molecule has 4 rings (SSSR count). The van der Waals surface area contributed by atoms with E-state index in [9.17, 15) is 32.4 Å². The molecule has 0 aromatic rings. The van der Waals surface area contributed by atoms with E-state index < -0.39 is 74.7 Å². The van der Waals surface area contributed by atoms with Crippen molar-refractivity contribution in [3.63, 3.8) is 0 Å². The van der Waals surface area contributed by atoms with Gasteiger partial charge in [-0.05, 0) is 46.8 Å². The van der Waals surface area contributed by atoms with Gasteiger partial charge in [0, 0.05) is 45.8 Å². The highest BCUT2D eigenvalue weighted by molar-refractivity contribution is 7.87. The van der Waals surface area contributed by atoms with E-state index >= 15 is 0 Å². The maximum atomic E-state index is 14.4. The number of likely N-dealkylation sites (tertiary alicyclic amines) is 1. The van der Waals surface area contributed by atoms with E-state index in [-0.39, 0.29) is 36.3 Å². The zero-order valence-corrected chi connectivity index (χ0v) is 31.4. The minimum Gasteiger partial charge on any atom is -0.346 e. The first-order chi connectivity index (χ1) is 22.5. The number of hydrogen-bond donors (Lipinski definition) is 4. The topological polar surface area (TPSA) is 177 Å². The Hall–Kier alpha value is -3.04. The number of fused-ring (bicyclic) bond motifs is 1. The lowest BCUT2D eigenvalue weighted by Crippen LogP contribution is -2.63. The predicted octanol–water partition coefficient (Wildman–Crippen LogP) is 1.25. The van der Waals surface area contributed by atoms with Crippen molar-refractivity contribution in [2.45, 2.75) is 98.8 Å². The monoisotopic (exact) mass is 707 g/mol. The maximum absolute atomic E-state index is 14.4. The first-order valence-corrected chi connectivity index (χ1v) is 18.7. The van der Waals surface area contributed by atoms with Gasteiger partial charge in [0.05, 0.1) is 0 Å². The third kappa shape index (κ3) is 7.98. The molecule has 6 atom stereocenters. The van der Waals surface area contributed by atoms with Crippen LogP contribution >= 0.6 is 0 Å². The van der Waals surface area contributed by atoms with Crippen LogP contribution in [0.3, 0.4) is 0 Å². The van der Waals surface area contributed by atoms with Gasteiger partial charge in [0.2, 0.25) is 17.6 Å². The first-order valence-electron chi connectivity index (χ1n) is 17.4. The summed E-state index contributed by atoms with van der Waals surface area (Å²) >= 11 is 0. The van der Waals surface area contributed by atoms with E-state index in [1.165, 1.54) is 26.6 Å². The highest BCUT2D eigenvalue weighted by Gasteiger charge is 2.70. The second-order valence-corrected chi connectivity index (χ2v) is 19.0. The van der Waals surface area contributed by atoms with Crippen molar-refractivity contribution in [2.75, 3.05) is 39.8 Å². The number of carbonyl (C=O) groups excluding carboxylic acids is 5.